The highest BCUT2D eigenvalue weighted by atomic mass is 28.3. The van der Waals surface area contributed by atoms with Gasteiger partial charge >= 0.3 is 11.9 Å². The lowest BCUT2D eigenvalue weighted by Crippen LogP contribution is -2.62. The predicted molar refractivity (Wildman–Crippen MR) is 150 cm³/mol. The van der Waals surface area contributed by atoms with E-state index in [2.05, 4.69) is 44.6 Å². The highest BCUT2D eigenvalue weighted by molar-refractivity contribution is 6.76. The normalized spacial score (nSPS) is 21.6. The monoisotopic (exact) mass is 562 g/mol. The number of piperidine rings is 1. The van der Waals surface area contributed by atoms with Crippen LogP contribution in [-0.2, 0) is 25.6 Å². The highest BCUT2D eigenvalue weighted by Crippen LogP contribution is 2.36. The summed E-state index contributed by atoms with van der Waals surface area (Å²) in [6.45, 7) is 14.2. The average Bonchev–Trinajstić information content (AvgIpc) is 3.17. The number of rotatable bonds is 11. The Bertz CT molecular complexity index is 1060. The van der Waals surface area contributed by atoms with Gasteiger partial charge in [0.2, 0.25) is 0 Å². The summed E-state index contributed by atoms with van der Waals surface area (Å²) >= 11 is 0. The molecule has 3 unspecified atom stereocenters. The van der Waals surface area contributed by atoms with Crippen LogP contribution in [-0.4, -0.2) is 83.6 Å². The van der Waals surface area contributed by atoms with E-state index in [-0.39, 0.29) is 18.4 Å². The van der Waals surface area contributed by atoms with Gasteiger partial charge in [0.25, 0.3) is 5.91 Å². The van der Waals surface area contributed by atoms with E-state index in [1.54, 1.807) is 17.0 Å². The van der Waals surface area contributed by atoms with E-state index < -0.39 is 40.2 Å². The van der Waals surface area contributed by atoms with Crippen LogP contribution < -0.4 is 10.1 Å². The van der Waals surface area contributed by atoms with E-state index >= 15 is 0 Å². The van der Waals surface area contributed by atoms with Crippen LogP contribution in [0.3, 0.4) is 0 Å². The van der Waals surface area contributed by atoms with E-state index in [1.165, 1.54) is 7.11 Å². The molecule has 3 rings (SSSR count). The second kappa shape index (κ2) is 12.1. The standard InChI is InChI=1S/C27H42N2O7Si2/c1-34-23-15-18(17-30)14-19-20(23)16-29(25(19)31)22-9-8-21(26(32)35-10-12-37(2,3)4)28-24(22)27(33)36-11-13-38(5,6)7/h14-15,17,21-22,24,28H,8-13,16H2,1-7H3. The summed E-state index contributed by atoms with van der Waals surface area (Å²) in [5, 5.41) is 3.17. The van der Waals surface area contributed by atoms with Gasteiger partial charge in [-0.15, -0.1) is 0 Å². The number of fused-ring (bicyclic) bond motifs is 1. The van der Waals surface area contributed by atoms with Gasteiger partial charge in [-0.2, -0.15) is 0 Å². The van der Waals surface area contributed by atoms with E-state index in [0.29, 0.717) is 54.8 Å². The molecule has 0 bridgehead atoms. The summed E-state index contributed by atoms with van der Waals surface area (Å²) in [6, 6.07) is 2.79. The van der Waals surface area contributed by atoms with Gasteiger partial charge in [-0.05, 0) is 37.1 Å². The largest absolute Gasteiger partial charge is 0.496 e. The molecular formula is C27H42N2O7Si2. The van der Waals surface area contributed by atoms with Crippen molar-refractivity contribution in [1.82, 2.24) is 10.2 Å². The molecule has 1 amide bonds. The topological polar surface area (TPSA) is 111 Å². The number of benzene rings is 1. The van der Waals surface area contributed by atoms with Crippen LogP contribution in [0, 0.1) is 0 Å². The molecule has 1 fully saturated rings. The van der Waals surface area contributed by atoms with Crippen molar-refractivity contribution in [3.8, 4) is 5.75 Å². The first-order valence-corrected chi connectivity index (χ1v) is 20.7. The molecule has 1 saturated heterocycles. The van der Waals surface area contributed by atoms with Crippen LogP contribution >= 0.6 is 0 Å². The summed E-state index contributed by atoms with van der Waals surface area (Å²) in [5.74, 6) is -0.667. The van der Waals surface area contributed by atoms with Crippen LogP contribution in [0.25, 0.3) is 0 Å². The Morgan fingerprint density at radius 1 is 1.00 bits per heavy atom. The summed E-state index contributed by atoms with van der Waals surface area (Å²) in [4.78, 5) is 52.8. The minimum absolute atomic E-state index is 0.243. The lowest BCUT2D eigenvalue weighted by Gasteiger charge is -2.39. The molecule has 0 spiro atoms. The van der Waals surface area contributed by atoms with Crippen LogP contribution in [0.4, 0.5) is 0 Å². The molecular weight excluding hydrogens is 520 g/mol. The molecule has 0 radical (unpaired) electrons. The summed E-state index contributed by atoms with van der Waals surface area (Å²) in [5.41, 5.74) is 1.42. The molecule has 2 aliphatic heterocycles. The second-order valence-electron chi connectivity index (χ2n) is 12.6. The molecule has 3 atom stereocenters. The molecule has 0 aliphatic carbocycles. The van der Waals surface area contributed by atoms with Gasteiger partial charge in [-0.3, -0.25) is 24.5 Å². The summed E-state index contributed by atoms with van der Waals surface area (Å²) in [7, 11) is -1.29. The van der Waals surface area contributed by atoms with Gasteiger partial charge in [0, 0.05) is 32.8 Å². The molecule has 1 aromatic carbocycles. The molecule has 9 nitrogen and oxygen atoms in total. The maximum absolute atomic E-state index is 13.5. The highest BCUT2D eigenvalue weighted by Gasteiger charge is 2.46. The van der Waals surface area contributed by atoms with E-state index in [0.717, 1.165) is 12.1 Å². The first-order valence-electron chi connectivity index (χ1n) is 13.3. The van der Waals surface area contributed by atoms with Crippen molar-refractivity contribution in [2.75, 3.05) is 20.3 Å². The Morgan fingerprint density at radius 3 is 2.16 bits per heavy atom. The SMILES string of the molecule is COc1cc(C=O)cc2c1CN(C1CCC(C(=O)OCC[Si](C)(C)C)NC1C(=O)OCC[Si](C)(C)C)C2=O. The number of hydrogen-bond donors (Lipinski definition) is 1. The zero-order valence-corrected chi connectivity index (χ0v) is 25.7. The molecule has 11 heteroatoms. The number of esters is 2. The van der Waals surface area contributed by atoms with Crippen molar-refractivity contribution >= 4 is 40.3 Å². The number of methoxy groups -OCH3 is 1. The third kappa shape index (κ3) is 7.54. The fraction of sp³-hybridized carbons (Fsp3) is 0.630. The van der Waals surface area contributed by atoms with Crippen LogP contribution in [0.15, 0.2) is 12.1 Å². The smallest absolute Gasteiger partial charge is 0.325 e. The predicted octanol–water partition coefficient (Wildman–Crippen LogP) is 3.72. The van der Waals surface area contributed by atoms with E-state index in [9.17, 15) is 19.2 Å². The number of nitrogens with one attached hydrogen (secondary N) is 1. The second-order valence-corrected chi connectivity index (χ2v) is 23.8. The third-order valence-corrected chi connectivity index (χ3v) is 10.5. The van der Waals surface area contributed by atoms with Crippen LogP contribution in [0.2, 0.25) is 51.4 Å². The summed E-state index contributed by atoms with van der Waals surface area (Å²) < 4.78 is 16.7. The Labute approximate surface area is 227 Å². The molecule has 2 aliphatic rings. The number of ether oxygens (including phenoxy) is 3. The number of carbonyl (C=O) groups excluding carboxylic acids is 4. The number of aldehydes is 1. The van der Waals surface area contributed by atoms with Gasteiger partial charge in [0.05, 0.1) is 32.9 Å². The Hall–Kier alpha value is -2.51. The first-order chi connectivity index (χ1) is 17.7. The van der Waals surface area contributed by atoms with Crippen molar-refractivity contribution < 1.29 is 33.4 Å². The fourth-order valence-corrected chi connectivity index (χ4v) is 6.13. The molecule has 0 aromatic heterocycles. The van der Waals surface area contributed by atoms with Crippen LogP contribution in [0.1, 0.15) is 39.1 Å². The van der Waals surface area contributed by atoms with Gasteiger partial charge < -0.3 is 19.1 Å². The molecule has 38 heavy (non-hydrogen) atoms. The van der Waals surface area contributed by atoms with Gasteiger partial charge in [-0.25, -0.2) is 0 Å². The van der Waals surface area contributed by atoms with E-state index in [4.69, 9.17) is 14.2 Å². The van der Waals surface area contributed by atoms with Crippen molar-refractivity contribution in [2.24, 2.45) is 0 Å². The van der Waals surface area contributed by atoms with Gasteiger partial charge in [-0.1, -0.05) is 39.3 Å². The van der Waals surface area contributed by atoms with Crippen molar-refractivity contribution in [2.45, 2.75) is 88.9 Å². The molecule has 2 heterocycles. The molecule has 1 N–H and O–H groups in total. The maximum atomic E-state index is 13.5. The Morgan fingerprint density at radius 2 is 1.61 bits per heavy atom. The Balaban J connectivity index is 1.80. The van der Waals surface area contributed by atoms with Crippen molar-refractivity contribution in [3.63, 3.8) is 0 Å². The summed E-state index contributed by atoms with van der Waals surface area (Å²) in [6.07, 6.45) is 1.53. The minimum Gasteiger partial charge on any atom is -0.496 e. The molecule has 1 aromatic rings. The van der Waals surface area contributed by atoms with Gasteiger partial charge in [0.15, 0.2) is 0 Å². The van der Waals surface area contributed by atoms with Crippen molar-refractivity contribution in [1.29, 1.82) is 0 Å². The van der Waals surface area contributed by atoms with Crippen molar-refractivity contribution in [3.05, 3.63) is 28.8 Å². The number of hydrogen-bond acceptors (Lipinski definition) is 8. The minimum atomic E-state index is -1.43. The lowest BCUT2D eigenvalue weighted by molar-refractivity contribution is -0.152. The average molecular weight is 563 g/mol. The fourth-order valence-electron chi connectivity index (χ4n) is 4.70. The van der Waals surface area contributed by atoms with Crippen LogP contribution in [0.5, 0.6) is 5.75 Å². The van der Waals surface area contributed by atoms with Gasteiger partial charge in [0.1, 0.15) is 24.1 Å². The lowest BCUT2D eigenvalue weighted by atomic mass is 9.92. The zero-order valence-electron chi connectivity index (χ0n) is 23.7. The molecule has 210 valence electrons. The number of nitrogens with zero attached hydrogens (tertiary/aromatic N) is 1. The molecule has 0 saturated carbocycles. The number of amides is 1. The van der Waals surface area contributed by atoms with E-state index in [1.807, 2.05) is 0 Å². The zero-order chi connectivity index (χ0) is 28.3. The maximum Gasteiger partial charge on any atom is 0.325 e. The Kier molecular flexibility index (Phi) is 9.59. The number of carbonyl (C=O) groups is 4. The quantitative estimate of drug-likeness (QED) is 0.247. The first kappa shape index (κ1) is 30.0. The third-order valence-electron chi connectivity index (χ3n) is 7.06.